The van der Waals surface area contributed by atoms with Crippen LogP contribution >= 0.6 is 0 Å². The molecule has 0 aliphatic carbocycles. The largest absolute Gasteiger partial charge is 0.381 e. The van der Waals surface area contributed by atoms with Crippen molar-refractivity contribution in [1.82, 2.24) is 4.39 Å². The Bertz CT molecular complexity index is 150. The molecule has 0 aromatic heterocycles. The number of hydrogen-bond donors (Lipinski definition) is 1. The van der Waals surface area contributed by atoms with E-state index in [0.717, 1.165) is 13.2 Å². The fourth-order valence-corrected chi connectivity index (χ4v) is 9.57. The summed E-state index contributed by atoms with van der Waals surface area (Å²) in [5.74, 6) is 0. The van der Waals surface area contributed by atoms with Crippen LogP contribution in [-0.2, 0) is 4.74 Å². The highest BCUT2D eigenvalue weighted by atomic mass is 28.4. The van der Waals surface area contributed by atoms with Crippen molar-refractivity contribution in [2.24, 2.45) is 0 Å². The van der Waals surface area contributed by atoms with E-state index in [1.807, 2.05) is 0 Å². The molecule has 1 fully saturated rings. The first-order valence-corrected chi connectivity index (χ1v) is 12.6. The Balaban J connectivity index is 0.000000322. The molecule has 0 atom stereocenters. The zero-order valence-corrected chi connectivity index (χ0v) is 13.1. The summed E-state index contributed by atoms with van der Waals surface area (Å²) in [6.07, 6.45) is 2.56. The van der Waals surface area contributed by atoms with Gasteiger partial charge in [-0.1, -0.05) is 39.3 Å². The summed E-state index contributed by atoms with van der Waals surface area (Å²) in [5, 5.41) is 9.68. The second kappa shape index (κ2) is 6.15. The smallest absolute Gasteiger partial charge is 0.141 e. The predicted octanol–water partition coefficient (Wildman–Crippen LogP) is 3.14. The van der Waals surface area contributed by atoms with Crippen molar-refractivity contribution in [3.05, 3.63) is 0 Å². The van der Waals surface area contributed by atoms with E-state index in [2.05, 4.69) is 39.3 Å². The monoisotopic (exact) mass is 249 g/mol. The maximum absolute atomic E-state index is 9.68. The molecule has 1 N–H and O–H groups in total. The first-order chi connectivity index (χ1) is 6.65. The Morgan fingerprint density at radius 2 is 1.20 bits per heavy atom. The molecule has 92 valence electrons. The van der Waals surface area contributed by atoms with E-state index in [1.54, 1.807) is 4.39 Å². The number of ether oxygens (including phenoxy) is 1. The van der Waals surface area contributed by atoms with Crippen molar-refractivity contribution in [1.29, 1.82) is 0 Å². The SMILES string of the molecule is C1CCOC1.C[Si](C)(C)N(O)[Si](C)(C)C. The van der Waals surface area contributed by atoms with Gasteiger partial charge in [0.2, 0.25) is 0 Å². The zero-order chi connectivity index (χ0) is 12.1. The molecule has 0 radical (unpaired) electrons. The molecule has 1 saturated heterocycles. The van der Waals surface area contributed by atoms with Crippen molar-refractivity contribution in [3.8, 4) is 0 Å². The van der Waals surface area contributed by atoms with E-state index in [4.69, 9.17) is 4.74 Å². The van der Waals surface area contributed by atoms with Gasteiger partial charge in [0, 0.05) is 13.2 Å². The van der Waals surface area contributed by atoms with Crippen LogP contribution in [0.2, 0.25) is 39.3 Å². The minimum absolute atomic E-state index is 1.00. The predicted molar refractivity (Wildman–Crippen MR) is 70.4 cm³/mol. The Kier molecular flexibility index (Phi) is 6.28. The van der Waals surface area contributed by atoms with Gasteiger partial charge in [0.1, 0.15) is 16.5 Å². The summed E-state index contributed by atoms with van der Waals surface area (Å²) in [5.41, 5.74) is 0. The lowest BCUT2D eigenvalue weighted by Crippen LogP contribution is -2.56. The fourth-order valence-electron chi connectivity index (χ4n) is 1.52. The fraction of sp³-hybridized carbons (Fsp3) is 1.00. The van der Waals surface area contributed by atoms with Gasteiger partial charge in [-0.2, -0.15) is 0 Å². The van der Waals surface area contributed by atoms with Crippen LogP contribution in [0.15, 0.2) is 0 Å². The molecule has 0 saturated carbocycles. The van der Waals surface area contributed by atoms with E-state index in [1.165, 1.54) is 12.8 Å². The van der Waals surface area contributed by atoms with Gasteiger partial charge in [-0.05, 0) is 12.8 Å². The van der Waals surface area contributed by atoms with E-state index >= 15 is 0 Å². The third kappa shape index (κ3) is 7.24. The third-order valence-corrected chi connectivity index (χ3v) is 8.66. The molecule has 0 amide bonds. The molecule has 1 aliphatic rings. The molecule has 1 aliphatic heterocycles. The number of rotatable bonds is 2. The maximum Gasteiger partial charge on any atom is 0.141 e. The first kappa shape index (κ1) is 15.3. The lowest BCUT2D eigenvalue weighted by atomic mass is 10.4. The van der Waals surface area contributed by atoms with Gasteiger partial charge < -0.3 is 9.94 Å². The van der Waals surface area contributed by atoms with E-state index in [9.17, 15) is 5.21 Å². The summed E-state index contributed by atoms with van der Waals surface area (Å²) in [4.78, 5) is 0. The highest BCUT2D eigenvalue weighted by molar-refractivity contribution is 6.88. The molecule has 0 unspecified atom stereocenters. The van der Waals surface area contributed by atoms with E-state index < -0.39 is 16.5 Å². The second-order valence-corrected chi connectivity index (χ2v) is 16.0. The van der Waals surface area contributed by atoms with Crippen LogP contribution in [0.1, 0.15) is 12.8 Å². The van der Waals surface area contributed by atoms with Crippen molar-refractivity contribution in [2.75, 3.05) is 13.2 Å². The molecule has 0 aromatic rings. The average molecular weight is 250 g/mol. The zero-order valence-electron chi connectivity index (χ0n) is 11.1. The lowest BCUT2D eigenvalue weighted by Gasteiger charge is -2.37. The molecule has 15 heavy (non-hydrogen) atoms. The van der Waals surface area contributed by atoms with Crippen LogP contribution in [-0.4, -0.2) is 39.3 Å². The Hall–Kier alpha value is 0.314. The van der Waals surface area contributed by atoms with Gasteiger partial charge in [0.25, 0.3) is 0 Å². The van der Waals surface area contributed by atoms with Crippen LogP contribution in [0.4, 0.5) is 0 Å². The van der Waals surface area contributed by atoms with Crippen LogP contribution in [0.5, 0.6) is 0 Å². The van der Waals surface area contributed by atoms with Crippen molar-refractivity contribution in [2.45, 2.75) is 52.1 Å². The van der Waals surface area contributed by atoms with Crippen molar-refractivity contribution in [3.63, 3.8) is 0 Å². The lowest BCUT2D eigenvalue weighted by molar-refractivity contribution is 0.0710. The maximum atomic E-state index is 9.68. The first-order valence-electron chi connectivity index (χ1n) is 5.72. The van der Waals surface area contributed by atoms with Crippen LogP contribution < -0.4 is 0 Å². The Labute approximate surface area is 96.6 Å². The third-order valence-electron chi connectivity index (χ3n) is 2.10. The molecule has 3 nitrogen and oxygen atoms in total. The highest BCUT2D eigenvalue weighted by Crippen LogP contribution is 2.15. The van der Waals surface area contributed by atoms with Gasteiger partial charge in [-0.3, -0.25) is 0 Å². The molecule has 1 heterocycles. The van der Waals surface area contributed by atoms with Crippen LogP contribution in [0.25, 0.3) is 0 Å². The van der Waals surface area contributed by atoms with Gasteiger partial charge in [-0.25, -0.2) is 4.39 Å². The van der Waals surface area contributed by atoms with Gasteiger partial charge in [-0.15, -0.1) is 0 Å². The summed E-state index contributed by atoms with van der Waals surface area (Å²) in [7, 11) is -2.89. The van der Waals surface area contributed by atoms with E-state index in [-0.39, 0.29) is 0 Å². The summed E-state index contributed by atoms with van der Waals surface area (Å²) < 4.78 is 6.60. The van der Waals surface area contributed by atoms with Crippen LogP contribution in [0.3, 0.4) is 0 Å². The molecule has 1 rings (SSSR count). The molecule has 5 heteroatoms. The minimum atomic E-state index is -1.45. The van der Waals surface area contributed by atoms with Gasteiger partial charge in [0.15, 0.2) is 0 Å². The molecular formula is C10H27NO2Si2. The van der Waals surface area contributed by atoms with Gasteiger partial charge in [0.05, 0.1) is 0 Å². The van der Waals surface area contributed by atoms with Crippen LogP contribution in [0, 0.1) is 0 Å². The van der Waals surface area contributed by atoms with E-state index in [0.29, 0.717) is 0 Å². The van der Waals surface area contributed by atoms with Crippen molar-refractivity contribution < 1.29 is 9.94 Å². The topological polar surface area (TPSA) is 32.7 Å². The molecular weight excluding hydrogens is 222 g/mol. The second-order valence-electron chi connectivity index (χ2n) is 5.97. The summed E-state index contributed by atoms with van der Waals surface area (Å²) >= 11 is 0. The van der Waals surface area contributed by atoms with Gasteiger partial charge >= 0.3 is 0 Å². The number of nitrogens with zero attached hydrogens (tertiary/aromatic N) is 1. The minimum Gasteiger partial charge on any atom is -0.381 e. The Morgan fingerprint density at radius 3 is 1.27 bits per heavy atom. The normalized spacial score (nSPS) is 17.6. The highest BCUT2D eigenvalue weighted by Gasteiger charge is 2.33. The average Bonchev–Trinajstić information content (AvgIpc) is 2.56. The Morgan fingerprint density at radius 1 is 0.867 bits per heavy atom. The number of hydrogen-bond acceptors (Lipinski definition) is 3. The molecule has 0 aromatic carbocycles. The molecule has 0 spiro atoms. The summed E-state index contributed by atoms with van der Waals surface area (Å²) in [6, 6.07) is 0. The summed E-state index contributed by atoms with van der Waals surface area (Å²) in [6.45, 7) is 14.9. The quantitative estimate of drug-likeness (QED) is 0.603. The molecule has 0 bridgehead atoms. The van der Waals surface area contributed by atoms with Crippen molar-refractivity contribution >= 4 is 16.5 Å². The standard InChI is InChI=1S/C6H19NOSi2.C4H8O/c1-9(2,3)7(8)10(4,5)6;1-2-4-5-3-1/h8H,1-6H3;1-4H2.